The molecule has 19 heavy (non-hydrogen) atoms. The molecule has 1 aliphatic rings. The molecule has 0 aliphatic carbocycles. The van der Waals surface area contributed by atoms with Crippen LogP contribution in [0.3, 0.4) is 0 Å². The molecule has 0 aromatic carbocycles. The Morgan fingerprint density at radius 3 is 2.32 bits per heavy atom. The Hall–Kier alpha value is -0.240. The largest absolute Gasteiger partial charge is 0.382 e. The van der Waals surface area contributed by atoms with E-state index in [9.17, 15) is 0 Å². The third-order valence-corrected chi connectivity index (χ3v) is 2.64. The van der Waals surface area contributed by atoms with Crippen LogP contribution >= 0.6 is 0 Å². The molecule has 6 nitrogen and oxygen atoms in total. The second kappa shape index (κ2) is 10.5. The molecule has 0 radical (unpaired) electrons. The van der Waals surface area contributed by atoms with Gasteiger partial charge in [-0.1, -0.05) is 0 Å². The van der Waals surface area contributed by atoms with Crippen LogP contribution in [-0.2, 0) is 28.4 Å². The zero-order valence-corrected chi connectivity index (χ0v) is 12.0. The van der Waals surface area contributed by atoms with E-state index in [1.807, 2.05) is 6.92 Å². The maximum Gasteiger partial charge on any atom is 0.188 e. The molecule has 0 aromatic rings. The lowest BCUT2D eigenvalue weighted by Gasteiger charge is -2.29. The van der Waals surface area contributed by atoms with Crippen molar-refractivity contribution in [2.45, 2.75) is 19.1 Å². The molecule has 0 N–H and O–H groups in total. The van der Waals surface area contributed by atoms with Gasteiger partial charge in [-0.3, -0.25) is 0 Å². The number of methoxy groups -OCH3 is 1. The summed E-state index contributed by atoms with van der Waals surface area (Å²) in [7, 11) is 1.64. The lowest BCUT2D eigenvalue weighted by Crippen LogP contribution is -2.39. The molecule has 0 bridgehead atoms. The van der Waals surface area contributed by atoms with Gasteiger partial charge in [-0.15, -0.1) is 0 Å². The molecule has 1 saturated heterocycles. The summed E-state index contributed by atoms with van der Waals surface area (Å²) in [5, 5.41) is 0. The van der Waals surface area contributed by atoms with Crippen molar-refractivity contribution in [1.29, 1.82) is 0 Å². The molecule has 1 atom stereocenters. The maximum absolute atomic E-state index is 5.77. The Balaban J connectivity index is 2.35. The van der Waals surface area contributed by atoms with E-state index in [0.717, 1.165) is 6.42 Å². The summed E-state index contributed by atoms with van der Waals surface area (Å²) in [6.45, 7) is 6.79. The van der Waals surface area contributed by atoms with E-state index < -0.39 is 5.79 Å². The molecular formula is C13H26O6. The van der Waals surface area contributed by atoms with Crippen LogP contribution in [0.1, 0.15) is 13.3 Å². The van der Waals surface area contributed by atoms with Crippen LogP contribution in [0.2, 0.25) is 0 Å². The first kappa shape index (κ1) is 16.8. The molecule has 0 saturated carbocycles. The van der Waals surface area contributed by atoms with Gasteiger partial charge in [0.05, 0.1) is 46.2 Å². The molecule has 1 aliphatic heterocycles. The minimum absolute atomic E-state index is 0.376. The molecule has 0 amide bonds. The highest BCUT2D eigenvalue weighted by Crippen LogP contribution is 2.14. The van der Waals surface area contributed by atoms with Crippen molar-refractivity contribution in [3.63, 3.8) is 0 Å². The van der Waals surface area contributed by atoms with Crippen molar-refractivity contribution >= 4 is 0 Å². The fourth-order valence-electron chi connectivity index (χ4n) is 1.61. The van der Waals surface area contributed by atoms with Crippen LogP contribution in [0.4, 0.5) is 0 Å². The van der Waals surface area contributed by atoms with Crippen LogP contribution in [0.5, 0.6) is 0 Å². The van der Waals surface area contributed by atoms with E-state index in [1.165, 1.54) is 0 Å². The van der Waals surface area contributed by atoms with E-state index in [1.54, 1.807) is 7.11 Å². The zero-order valence-electron chi connectivity index (χ0n) is 12.0. The molecule has 1 unspecified atom stereocenters. The van der Waals surface area contributed by atoms with E-state index in [2.05, 4.69) is 0 Å². The molecule has 0 aromatic heterocycles. The number of hydrogen-bond donors (Lipinski definition) is 0. The van der Waals surface area contributed by atoms with Crippen molar-refractivity contribution in [2.24, 2.45) is 0 Å². The molecule has 1 heterocycles. The summed E-state index contributed by atoms with van der Waals surface area (Å²) in [4.78, 5) is 0. The normalized spacial score (nSPS) is 28.1. The van der Waals surface area contributed by atoms with E-state index in [0.29, 0.717) is 59.5 Å². The Morgan fingerprint density at radius 2 is 1.58 bits per heavy atom. The zero-order chi connectivity index (χ0) is 13.8. The first-order valence-electron chi connectivity index (χ1n) is 6.77. The van der Waals surface area contributed by atoms with Gasteiger partial charge in [0.25, 0.3) is 0 Å². The minimum atomic E-state index is -0.743. The maximum atomic E-state index is 5.77. The highest BCUT2D eigenvalue weighted by molar-refractivity contribution is 4.63. The second-order valence-electron chi connectivity index (χ2n) is 4.45. The highest BCUT2D eigenvalue weighted by Gasteiger charge is 2.26. The van der Waals surface area contributed by atoms with Crippen LogP contribution in [0.25, 0.3) is 0 Å². The molecule has 114 valence electrons. The van der Waals surface area contributed by atoms with Gasteiger partial charge >= 0.3 is 0 Å². The predicted molar refractivity (Wildman–Crippen MR) is 69.3 cm³/mol. The van der Waals surface area contributed by atoms with Crippen LogP contribution in [-0.4, -0.2) is 72.4 Å². The Labute approximate surface area is 115 Å². The average molecular weight is 278 g/mol. The molecule has 0 spiro atoms. The van der Waals surface area contributed by atoms with Crippen LogP contribution in [0.15, 0.2) is 0 Å². The Bertz CT molecular complexity index is 197. The standard InChI is InChI=1S/C13H26O6/c1-13(19-11-6-14-2)12-17-10-9-16-8-7-15-4-3-5-18-13/h3-12H2,1-2H3. The summed E-state index contributed by atoms with van der Waals surface area (Å²) >= 11 is 0. The molecule has 6 heteroatoms. The monoisotopic (exact) mass is 278 g/mol. The van der Waals surface area contributed by atoms with Crippen molar-refractivity contribution < 1.29 is 28.4 Å². The fourth-order valence-corrected chi connectivity index (χ4v) is 1.61. The predicted octanol–water partition coefficient (Wildman–Crippen LogP) is 0.836. The SMILES string of the molecule is COCCOC1(C)COCCOCCOCCCO1. The minimum Gasteiger partial charge on any atom is -0.382 e. The van der Waals surface area contributed by atoms with Crippen molar-refractivity contribution in [3.05, 3.63) is 0 Å². The average Bonchev–Trinajstić information content (AvgIpc) is 2.42. The molecule has 1 fully saturated rings. The van der Waals surface area contributed by atoms with Gasteiger partial charge in [-0.2, -0.15) is 0 Å². The summed E-state index contributed by atoms with van der Waals surface area (Å²) in [6, 6.07) is 0. The topological polar surface area (TPSA) is 55.4 Å². The van der Waals surface area contributed by atoms with E-state index >= 15 is 0 Å². The van der Waals surface area contributed by atoms with Gasteiger partial charge < -0.3 is 28.4 Å². The van der Waals surface area contributed by atoms with Crippen molar-refractivity contribution in [3.8, 4) is 0 Å². The third kappa shape index (κ3) is 8.52. The third-order valence-electron chi connectivity index (χ3n) is 2.64. The quantitative estimate of drug-likeness (QED) is 0.710. The lowest BCUT2D eigenvalue weighted by atomic mass is 10.3. The number of ether oxygens (including phenoxy) is 6. The summed E-state index contributed by atoms with van der Waals surface area (Å²) in [6.07, 6.45) is 0.823. The summed E-state index contributed by atoms with van der Waals surface area (Å²) in [5.41, 5.74) is 0. The van der Waals surface area contributed by atoms with E-state index in [4.69, 9.17) is 28.4 Å². The van der Waals surface area contributed by atoms with Gasteiger partial charge in [-0.05, 0) is 13.3 Å². The first-order valence-corrected chi connectivity index (χ1v) is 6.77. The summed E-state index contributed by atoms with van der Waals surface area (Å²) < 4.78 is 32.7. The molecule has 1 rings (SSSR count). The summed E-state index contributed by atoms with van der Waals surface area (Å²) in [5.74, 6) is -0.743. The van der Waals surface area contributed by atoms with Gasteiger partial charge in [0.1, 0.15) is 6.61 Å². The number of rotatable bonds is 4. The van der Waals surface area contributed by atoms with Crippen molar-refractivity contribution in [1.82, 2.24) is 0 Å². The smallest absolute Gasteiger partial charge is 0.188 e. The Morgan fingerprint density at radius 1 is 0.895 bits per heavy atom. The second-order valence-corrected chi connectivity index (χ2v) is 4.45. The Kier molecular flexibility index (Phi) is 9.32. The van der Waals surface area contributed by atoms with E-state index in [-0.39, 0.29) is 0 Å². The van der Waals surface area contributed by atoms with Crippen LogP contribution < -0.4 is 0 Å². The molecular weight excluding hydrogens is 252 g/mol. The fraction of sp³-hybridized carbons (Fsp3) is 1.00. The van der Waals surface area contributed by atoms with Gasteiger partial charge in [0.15, 0.2) is 5.79 Å². The first-order chi connectivity index (χ1) is 9.27. The van der Waals surface area contributed by atoms with Gasteiger partial charge in [0.2, 0.25) is 0 Å². The highest BCUT2D eigenvalue weighted by atomic mass is 16.7. The van der Waals surface area contributed by atoms with Gasteiger partial charge in [0, 0.05) is 13.7 Å². The van der Waals surface area contributed by atoms with Gasteiger partial charge in [-0.25, -0.2) is 0 Å². The lowest BCUT2D eigenvalue weighted by molar-refractivity contribution is -0.254. The van der Waals surface area contributed by atoms with Crippen LogP contribution in [0, 0.1) is 0 Å². The van der Waals surface area contributed by atoms with Crippen molar-refractivity contribution in [2.75, 3.05) is 66.6 Å². The number of hydrogen-bond acceptors (Lipinski definition) is 6.